The van der Waals surface area contributed by atoms with Crippen molar-refractivity contribution < 1.29 is 19.1 Å². The van der Waals surface area contributed by atoms with Crippen LogP contribution in [-0.2, 0) is 4.74 Å². The van der Waals surface area contributed by atoms with E-state index in [0.717, 1.165) is 24.5 Å². The smallest absolute Gasteiger partial charge is 0.411 e. The highest BCUT2D eigenvalue weighted by Crippen LogP contribution is 2.23. The Morgan fingerprint density at radius 3 is 2.50 bits per heavy atom. The fourth-order valence-electron chi connectivity index (χ4n) is 3.17. The van der Waals surface area contributed by atoms with Crippen molar-refractivity contribution in [2.24, 2.45) is 0 Å². The Kier molecular flexibility index (Phi) is 6.37. The van der Waals surface area contributed by atoms with Crippen molar-refractivity contribution in [3.63, 3.8) is 0 Å². The highest BCUT2D eigenvalue weighted by atomic mass is 16.5. The van der Waals surface area contributed by atoms with Gasteiger partial charge in [0.2, 0.25) is 0 Å². The van der Waals surface area contributed by atoms with Crippen LogP contribution in [0.3, 0.4) is 0 Å². The summed E-state index contributed by atoms with van der Waals surface area (Å²) in [6.07, 6.45) is -0.529. The summed E-state index contributed by atoms with van der Waals surface area (Å²) in [5.74, 6) is 0.778. The first-order valence-electron chi connectivity index (χ1n) is 9.33. The number of nitrogens with one attached hydrogen (secondary N) is 1. The van der Waals surface area contributed by atoms with Gasteiger partial charge in [0.15, 0.2) is 0 Å². The highest BCUT2D eigenvalue weighted by molar-refractivity contribution is 5.96. The van der Waals surface area contributed by atoms with Crippen molar-refractivity contribution in [2.45, 2.75) is 6.92 Å². The molecule has 0 bridgehead atoms. The lowest BCUT2D eigenvalue weighted by Gasteiger charge is -2.36. The number of ether oxygens (including phenoxy) is 2. The van der Waals surface area contributed by atoms with Gasteiger partial charge in [-0.15, -0.1) is 0 Å². The number of amides is 2. The van der Waals surface area contributed by atoms with E-state index in [9.17, 15) is 9.59 Å². The molecule has 7 heteroatoms. The molecule has 2 aromatic rings. The minimum atomic E-state index is -0.529. The van der Waals surface area contributed by atoms with Crippen LogP contribution in [0.2, 0.25) is 0 Å². The van der Waals surface area contributed by atoms with Gasteiger partial charge < -0.3 is 19.3 Å². The molecule has 28 heavy (non-hydrogen) atoms. The van der Waals surface area contributed by atoms with E-state index < -0.39 is 6.09 Å². The number of hydrogen-bond donors (Lipinski definition) is 1. The van der Waals surface area contributed by atoms with Gasteiger partial charge in [-0.05, 0) is 37.3 Å². The van der Waals surface area contributed by atoms with Crippen LogP contribution in [0.25, 0.3) is 0 Å². The third-order valence-corrected chi connectivity index (χ3v) is 4.62. The lowest BCUT2D eigenvalue weighted by molar-refractivity contribution is 0.0746. The quantitative estimate of drug-likeness (QED) is 0.858. The van der Waals surface area contributed by atoms with Crippen LogP contribution in [0.15, 0.2) is 48.5 Å². The predicted molar refractivity (Wildman–Crippen MR) is 108 cm³/mol. The van der Waals surface area contributed by atoms with E-state index in [4.69, 9.17) is 9.47 Å². The molecule has 0 aromatic heterocycles. The van der Waals surface area contributed by atoms with Gasteiger partial charge in [-0.3, -0.25) is 10.1 Å². The second-order valence-corrected chi connectivity index (χ2v) is 6.41. The molecule has 148 valence electrons. The van der Waals surface area contributed by atoms with E-state index in [2.05, 4.69) is 10.2 Å². The van der Waals surface area contributed by atoms with Gasteiger partial charge in [0.1, 0.15) is 5.75 Å². The van der Waals surface area contributed by atoms with Crippen LogP contribution < -0.4 is 15.0 Å². The molecule has 0 spiro atoms. The minimum absolute atomic E-state index is 0.0437. The maximum atomic E-state index is 12.9. The number of rotatable bonds is 5. The Labute approximate surface area is 164 Å². The van der Waals surface area contributed by atoms with Gasteiger partial charge in [-0.1, -0.05) is 12.1 Å². The zero-order chi connectivity index (χ0) is 19.9. The molecule has 3 rings (SSSR count). The first kappa shape index (κ1) is 19.5. The summed E-state index contributed by atoms with van der Waals surface area (Å²) in [5, 5.41) is 2.63. The van der Waals surface area contributed by atoms with Crippen LogP contribution in [0.4, 0.5) is 16.2 Å². The number of benzene rings is 2. The van der Waals surface area contributed by atoms with Gasteiger partial charge >= 0.3 is 6.09 Å². The van der Waals surface area contributed by atoms with Crippen molar-refractivity contribution in [3.8, 4) is 5.75 Å². The summed E-state index contributed by atoms with van der Waals surface area (Å²) in [4.78, 5) is 28.5. The van der Waals surface area contributed by atoms with E-state index in [1.54, 1.807) is 38.3 Å². The molecule has 1 fully saturated rings. The number of nitrogens with zero attached hydrogens (tertiary/aromatic N) is 2. The fraction of sp³-hybridized carbons (Fsp3) is 0.333. The van der Waals surface area contributed by atoms with Gasteiger partial charge in [-0.25, -0.2) is 4.79 Å². The van der Waals surface area contributed by atoms with E-state index in [1.165, 1.54) is 0 Å². The molecule has 1 aliphatic heterocycles. The minimum Gasteiger partial charge on any atom is -0.497 e. The Morgan fingerprint density at radius 1 is 1.04 bits per heavy atom. The van der Waals surface area contributed by atoms with Gasteiger partial charge in [0.05, 0.1) is 13.7 Å². The molecule has 7 nitrogen and oxygen atoms in total. The first-order valence-corrected chi connectivity index (χ1v) is 9.33. The molecule has 1 aliphatic rings. The van der Waals surface area contributed by atoms with Crippen molar-refractivity contribution in [2.75, 3.05) is 50.1 Å². The maximum Gasteiger partial charge on any atom is 0.411 e. The van der Waals surface area contributed by atoms with Gasteiger partial charge in [0.25, 0.3) is 5.91 Å². The molecule has 0 saturated carbocycles. The maximum absolute atomic E-state index is 12.9. The van der Waals surface area contributed by atoms with Crippen LogP contribution in [0, 0.1) is 0 Å². The van der Waals surface area contributed by atoms with Crippen LogP contribution in [0.1, 0.15) is 17.3 Å². The molecule has 0 aliphatic carbocycles. The van der Waals surface area contributed by atoms with Crippen molar-refractivity contribution >= 4 is 23.4 Å². The molecule has 0 radical (unpaired) electrons. The summed E-state index contributed by atoms with van der Waals surface area (Å²) in [6, 6.07) is 14.8. The second kappa shape index (κ2) is 9.12. The summed E-state index contributed by atoms with van der Waals surface area (Å²) in [5.41, 5.74) is 2.18. The molecule has 0 unspecified atom stereocenters. The Hall–Kier alpha value is -3.22. The zero-order valence-electron chi connectivity index (χ0n) is 16.2. The fourth-order valence-corrected chi connectivity index (χ4v) is 3.17. The lowest BCUT2D eigenvalue weighted by Crippen LogP contribution is -2.48. The summed E-state index contributed by atoms with van der Waals surface area (Å²) in [7, 11) is 1.65. The third-order valence-electron chi connectivity index (χ3n) is 4.62. The van der Waals surface area contributed by atoms with E-state index in [1.807, 2.05) is 29.2 Å². The molecule has 0 atom stereocenters. The van der Waals surface area contributed by atoms with Crippen molar-refractivity contribution in [1.29, 1.82) is 0 Å². The molecule has 2 amide bonds. The average molecular weight is 383 g/mol. The molecular formula is C21H25N3O4. The molecule has 1 heterocycles. The zero-order valence-corrected chi connectivity index (χ0v) is 16.2. The Morgan fingerprint density at radius 2 is 1.79 bits per heavy atom. The standard InChI is InChI=1S/C21H25N3O4/c1-3-28-21(26)22-17-7-4-6-16(14-17)20(25)24-12-10-23(11-13-24)18-8-5-9-19(15-18)27-2/h4-9,14-15H,3,10-13H2,1-2H3,(H,22,26). The first-order chi connectivity index (χ1) is 13.6. The predicted octanol–water partition coefficient (Wildman–Crippen LogP) is 3.23. The third kappa shape index (κ3) is 4.73. The molecule has 2 aromatic carbocycles. The summed E-state index contributed by atoms with van der Waals surface area (Å²) < 4.78 is 10.2. The monoisotopic (exact) mass is 383 g/mol. The molecule has 1 N–H and O–H groups in total. The van der Waals surface area contributed by atoms with E-state index in [-0.39, 0.29) is 5.91 Å². The topological polar surface area (TPSA) is 71.1 Å². The highest BCUT2D eigenvalue weighted by Gasteiger charge is 2.22. The second-order valence-electron chi connectivity index (χ2n) is 6.41. The summed E-state index contributed by atoms with van der Waals surface area (Å²) >= 11 is 0. The lowest BCUT2D eigenvalue weighted by atomic mass is 10.1. The van der Waals surface area contributed by atoms with Crippen molar-refractivity contribution in [3.05, 3.63) is 54.1 Å². The van der Waals surface area contributed by atoms with Crippen LogP contribution in [0.5, 0.6) is 5.75 Å². The number of piperazine rings is 1. The number of carbonyl (C=O) groups is 2. The number of methoxy groups -OCH3 is 1. The number of anilines is 2. The number of carbonyl (C=O) groups excluding carboxylic acids is 2. The largest absolute Gasteiger partial charge is 0.497 e. The number of hydrogen-bond acceptors (Lipinski definition) is 5. The van der Waals surface area contributed by atoms with Crippen LogP contribution in [-0.4, -0.2) is 56.8 Å². The molecular weight excluding hydrogens is 358 g/mol. The van der Waals surface area contributed by atoms with Gasteiger partial charge in [-0.2, -0.15) is 0 Å². The SMILES string of the molecule is CCOC(=O)Nc1cccc(C(=O)N2CCN(c3cccc(OC)c3)CC2)c1. The van der Waals surface area contributed by atoms with Crippen LogP contribution >= 0.6 is 0 Å². The Balaban J connectivity index is 1.61. The average Bonchev–Trinajstić information content (AvgIpc) is 2.73. The normalized spacial score (nSPS) is 13.8. The molecule has 1 saturated heterocycles. The van der Waals surface area contributed by atoms with E-state index in [0.29, 0.717) is 30.9 Å². The van der Waals surface area contributed by atoms with Gasteiger partial charge in [0, 0.05) is 49.2 Å². The summed E-state index contributed by atoms with van der Waals surface area (Å²) in [6.45, 7) is 4.79. The van der Waals surface area contributed by atoms with Crippen molar-refractivity contribution in [1.82, 2.24) is 4.90 Å². The van der Waals surface area contributed by atoms with E-state index >= 15 is 0 Å². The Bertz CT molecular complexity index is 832.